The zero-order valence-electron chi connectivity index (χ0n) is 8.61. The van der Waals surface area contributed by atoms with Gasteiger partial charge in [0.1, 0.15) is 0 Å². The van der Waals surface area contributed by atoms with Crippen LogP contribution in [0.4, 0.5) is 5.88 Å². The molecular weight excluding hydrogens is 194 g/mol. The first-order chi connectivity index (χ1) is 7.27. The van der Waals surface area contributed by atoms with E-state index in [0.717, 1.165) is 25.9 Å². The van der Waals surface area contributed by atoms with E-state index in [0.29, 0.717) is 5.69 Å². The lowest BCUT2D eigenvalue weighted by atomic mass is 10.2. The van der Waals surface area contributed by atoms with E-state index in [2.05, 4.69) is 9.68 Å². The van der Waals surface area contributed by atoms with Crippen molar-refractivity contribution in [1.29, 1.82) is 0 Å². The molecule has 1 amide bonds. The molecule has 2 rings (SSSR count). The van der Waals surface area contributed by atoms with Crippen molar-refractivity contribution in [2.24, 2.45) is 0 Å². The minimum atomic E-state index is -0.0719. The zero-order valence-corrected chi connectivity index (χ0v) is 8.61. The van der Waals surface area contributed by atoms with Crippen molar-refractivity contribution < 1.29 is 9.32 Å². The van der Waals surface area contributed by atoms with Gasteiger partial charge in [-0.05, 0) is 12.8 Å². The summed E-state index contributed by atoms with van der Waals surface area (Å²) in [5, 5.41) is 3.63. The summed E-state index contributed by atoms with van der Waals surface area (Å²) in [4.78, 5) is 13.7. The van der Waals surface area contributed by atoms with E-state index in [9.17, 15) is 4.79 Å². The third-order valence-electron chi connectivity index (χ3n) is 2.64. The van der Waals surface area contributed by atoms with Crippen molar-refractivity contribution >= 4 is 11.8 Å². The van der Waals surface area contributed by atoms with Gasteiger partial charge in [-0.2, -0.15) is 0 Å². The fourth-order valence-corrected chi connectivity index (χ4v) is 1.83. The molecule has 2 N–H and O–H groups in total. The first-order valence-electron chi connectivity index (χ1n) is 5.29. The lowest BCUT2D eigenvalue weighted by molar-refractivity contribution is 0.0751. The molecule has 0 atom stereocenters. The summed E-state index contributed by atoms with van der Waals surface area (Å²) in [5.41, 5.74) is 5.69. The van der Waals surface area contributed by atoms with E-state index in [-0.39, 0.29) is 11.8 Å². The number of nitrogen functional groups attached to an aromatic ring is 1. The molecular formula is C10H15N3O2. The van der Waals surface area contributed by atoms with E-state index in [1.165, 1.54) is 18.9 Å². The standard InChI is InChI=1S/C10H15N3O2/c11-9-7-8(12-15-9)10(14)13-5-3-1-2-4-6-13/h7H,1-6,11H2. The Bertz CT molecular complexity index is 340. The SMILES string of the molecule is Nc1cc(C(=O)N2CCCCCC2)no1. The molecule has 0 radical (unpaired) electrons. The predicted octanol–water partition coefficient (Wildman–Crippen LogP) is 1.27. The number of likely N-dealkylation sites (tertiary alicyclic amines) is 1. The van der Waals surface area contributed by atoms with E-state index in [1.807, 2.05) is 4.90 Å². The number of nitrogens with zero attached hydrogens (tertiary/aromatic N) is 2. The summed E-state index contributed by atoms with van der Waals surface area (Å²) >= 11 is 0. The van der Waals surface area contributed by atoms with Gasteiger partial charge in [0.15, 0.2) is 5.69 Å². The number of amides is 1. The zero-order chi connectivity index (χ0) is 10.7. The summed E-state index contributed by atoms with van der Waals surface area (Å²) in [6, 6.07) is 1.48. The van der Waals surface area contributed by atoms with Crippen molar-refractivity contribution in [2.75, 3.05) is 18.8 Å². The Hall–Kier alpha value is -1.52. The molecule has 1 aromatic heterocycles. The second-order valence-corrected chi connectivity index (χ2v) is 3.82. The number of hydrogen-bond acceptors (Lipinski definition) is 4. The van der Waals surface area contributed by atoms with Gasteiger partial charge in [-0.3, -0.25) is 4.79 Å². The maximum atomic E-state index is 11.9. The van der Waals surface area contributed by atoms with Gasteiger partial charge in [-0.25, -0.2) is 0 Å². The van der Waals surface area contributed by atoms with Gasteiger partial charge in [-0.15, -0.1) is 0 Å². The number of aromatic nitrogens is 1. The number of hydrogen-bond donors (Lipinski definition) is 1. The molecule has 0 aromatic carbocycles. The third-order valence-corrected chi connectivity index (χ3v) is 2.64. The van der Waals surface area contributed by atoms with Crippen LogP contribution in [0.3, 0.4) is 0 Å². The van der Waals surface area contributed by atoms with E-state index >= 15 is 0 Å². The van der Waals surface area contributed by atoms with Crippen LogP contribution in [0.2, 0.25) is 0 Å². The van der Waals surface area contributed by atoms with Crippen LogP contribution in [-0.4, -0.2) is 29.1 Å². The molecule has 0 unspecified atom stereocenters. The van der Waals surface area contributed by atoms with Crippen LogP contribution in [-0.2, 0) is 0 Å². The molecule has 0 bridgehead atoms. The topological polar surface area (TPSA) is 72.4 Å². The molecule has 1 saturated heterocycles. The van der Waals surface area contributed by atoms with Crippen LogP contribution in [0, 0.1) is 0 Å². The van der Waals surface area contributed by atoms with Gasteiger partial charge < -0.3 is 15.2 Å². The highest BCUT2D eigenvalue weighted by molar-refractivity contribution is 5.92. The number of nitrogens with two attached hydrogens (primary N) is 1. The molecule has 1 aliphatic rings. The summed E-state index contributed by atoms with van der Waals surface area (Å²) in [6.07, 6.45) is 4.54. The molecule has 5 nitrogen and oxygen atoms in total. The van der Waals surface area contributed by atoms with Gasteiger partial charge in [-0.1, -0.05) is 18.0 Å². The van der Waals surface area contributed by atoms with Gasteiger partial charge in [0.25, 0.3) is 5.91 Å². The maximum absolute atomic E-state index is 11.9. The highest BCUT2D eigenvalue weighted by atomic mass is 16.5. The van der Waals surface area contributed by atoms with Crippen LogP contribution in [0.15, 0.2) is 10.6 Å². The van der Waals surface area contributed by atoms with E-state index < -0.39 is 0 Å². The molecule has 15 heavy (non-hydrogen) atoms. The van der Waals surface area contributed by atoms with Crippen molar-refractivity contribution in [3.05, 3.63) is 11.8 Å². The van der Waals surface area contributed by atoms with Crippen LogP contribution in [0.5, 0.6) is 0 Å². The van der Waals surface area contributed by atoms with E-state index in [4.69, 9.17) is 5.73 Å². The van der Waals surface area contributed by atoms with Crippen molar-refractivity contribution in [3.8, 4) is 0 Å². The summed E-state index contributed by atoms with van der Waals surface area (Å²) < 4.78 is 4.69. The third kappa shape index (κ3) is 2.29. The molecule has 5 heteroatoms. The average molecular weight is 209 g/mol. The summed E-state index contributed by atoms with van der Waals surface area (Å²) in [7, 11) is 0. The lowest BCUT2D eigenvalue weighted by Crippen LogP contribution is -2.32. The molecule has 1 fully saturated rings. The minimum Gasteiger partial charge on any atom is -0.368 e. The molecule has 1 aromatic rings. The first-order valence-corrected chi connectivity index (χ1v) is 5.29. The maximum Gasteiger partial charge on any atom is 0.276 e. The van der Waals surface area contributed by atoms with Gasteiger partial charge >= 0.3 is 0 Å². The average Bonchev–Trinajstić information content (AvgIpc) is 2.53. The van der Waals surface area contributed by atoms with Crippen LogP contribution < -0.4 is 5.73 Å². The molecule has 0 saturated carbocycles. The normalized spacial score (nSPS) is 17.5. The Morgan fingerprint density at radius 3 is 2.53 bits per heavy atom. The van der Waals surface area contributed by atoms with Gasteiger partial charge in [0, 0.05) is 19.2 Å². The predicted molar refractivity (Wildman–Crippen MR) is 55.3 cm³/mol. The quantitative estimate of drug-likeness (QED) is 0.756. The Balaban J connectivity index is 2.06. The largest absolute Gasteiger partial charge is 0.368 e. The smallest absolute Gasteiger partial charge is 0.276 e. The van der Waals surface area contributed by atoms with Crippen LogP contribution >= 0.6 is 0 Å². The Morgan fingerprint density at radius 2 is 2.00 bits per heavy atom. The van der Waals surface area contributed by atoms with Crippen molar-refractivity contribution in [2.45, 2.75) is 25.7 Å². The molecule has 0 spiro atoms. The molecule has 2 heterocycles. The van der Waals surface area contributed by atoms with E-state index in [1.54, 1.807) is 0 Å². The monoisotopic (exact) mass is 209 g/mol. The lowest BCUT2D eigenvalue weighted by Gasteiger charge is -2.18. The number of carbonyl (C=O) groups excluding carboxylic acids is 1. The Morgan fingerprint density at radius 1 is 1.33 bits per heavy atom. The molecule has 0 aliphatic carbocycles. The fraction of sp³-hybridized carbons (Fsp3) is 0.600. The highest BCUT2D eigenvalue weighted by Crippen LogP contribution is 2.13. The van der Waals surface area contributed by atoms with Crippen molar-refractivity contribution in [1.82, 2.24) is 10.1 Å². The second kappa shape index (κ2) is 4.33. The van der Waals surface area contributed by atoms with Crippen LogP contribution in [0.25, 0.3) is 0 Å². The second-order valence-electron chi connectivity index (χ2n) is 3.82. The fourth-order valence-electron chi connectivity index (χ4n) is 1.83. The number of carbonyl (C=O) groups is 1. The van der Waals surface area contributed by atoms with Gasteiger partial charge in [0.05, 0.1) is 0 Å². The number of rotatable bonds is 1. The minimum absolute atomic E-state index is 0.0719. The summed E-state index contributed by atoms with van der Waals surface area (Å²) in [6.45, 7) is 1.62. The van der Waals surface area contributed by atoms with Gasteiger partial charge in [0.2, 0.25) is 5.88 Å². The Kier molecular flexibility index (Phi) is 2.89. The van der Waals surface area contributed by atoms with Crippen LogP contribution in [0.1, 0.15) is 36.2 Å². The number of anilines is 1. The van der Waals surface area contributed by atoms with Crippen molar-refractivity contribution in [3.63, 3.8) is 0 Å². The molecule has 82 valence electrons. The Labute approximate surface area is 88.2 Å². The summed E-state index contributed by atoms with van der Waals surface area (Å²) in [5.74, 6) is 0.116. The first kappa shape index (κ1) is 10.0. The highest BCUT2D eigenvalue weighted by Gasteiger charge is 2.20. The molecule has 1 aliphatic heterocycles.